The van der Waals surface area contributed by atoms with Crippen molar-refractivity contribution in [1.29, 1.82) is 0 Å². The Bertz CT molecular complexity index is 928. The summed E-state index contributed by atoms with van der Waals surface area (Å²) in [5.74, 6) is -2.33. The number of carbonyl (C=O) groups is 1. The fourth-order valence-corrected chi connectivity index (χ4v) is 2.47. The van der Waals surface area contributed by atoms with Gasteiger partial charge in [-0.05, 0) is 36.8 Å². The molecule has 2 aromatic carbocycles. The van der Waals surface area contributed by atoms with Crippen LogP contribution in [0.1, 0.15) is 30.3 Å². The van der Waals surface area contributed by atoms with E-state index >= 15 is 0 Å². The van der Waals surface area contributed by atoms with Crippen LogP contribution in [0.5, 0.6) is 0 Å². The molecular weight excluding hydrogens is 324 g/mol. The van der Waals surface area contributed by atoms with Crippen molar-refractivity contribution >= 4 is 16.9 Å². The van der Waals surface area contributed by atoms with Gasteiger partial charge in [-0.3, -0.25) is 4.79 Å². The summed E-state index contributed by atoms with van der Waals surface area (Å²) in [5.41, 5.74) is 1.77. The van der Waals surface area contributed by atoms with Crippen LogP contribution in [0.2, 0.25) is 0 Å². The molecule has 4 nitrogen and oxygen atoms in total. The number of hydrogen-bond acceptors (Lipinski definition) is 3. The van der Waals surface area contributed by atoms with Crippen LogP contribution in [0.25, 0.3) is 22.3 Å². The van der Waals surface area contributed by atoms with Crippen molar-refractivity contribution < 1.29 is 13.6 Å². The van der Waals surface area contributed by atoms with Crippen molar-refractivity contribution in [2.24, 2.45) is 0 Å². The van der Waals surface area contributed by atoms with Gasteiger partial charge in [0.2, 0.25) is 0 Å². The molecule has 0 aliphatic heterocycles. The smallest absolute Gasteiger partial charge is 0.272 e. The second-order valence-electron chi connectivity index (χ2n) is 5.65. The van der Waals surface area contributed by atoms with Gasteiger partial charge in [0.25, 0.3) is 5.91 Å². The predicted molar refractivity (Wildman–Crippen MR) is 92.1 cm³/mol. The van der Waals surface area contributed by atoms with Crippen molar-refractivity contribution in [3.8, 4) is 11.3 Å². The quantitative estimate of drug-likeness (QED) is 0.711. The van der Waals surface area contributed by atoms with Gasteiger partial charge in [-0.2, -0.15) is 0 Å². The Morgan fingerprint density at radius 2 is 1.76 bits per heavy atom. The van der Waals surface area contributed by atoms with Crippen LogP contribution in [-0.2, 0) is 0 Å². The minimum Gasteiger partial charge on any atom is -0.351 e. The molecule has 3 aromatic rings. The van der Waals surface area contributed by atoms with E-state index < -0.39 is 11.6 Å². The van der Waals surface area contributed by atoms with Crippen LogP contribution in [-0.4, -0.2) is 22.4 Å². The molecular formula is C19H17F2N3O. The van der Waals surface area contributed by atoms with E-state index in [1.54, 1.807) is 24.3 Å². The molecule has 0 fully saturated rings. The van der Waals surface area contributed by atoms with Crippen molar-refractivity contribution in [3.63, 3.8) is 0 Å². The zero-order chi connectivity index (χ0) is 17.8. The van der Waals surface area contributed by atoms with Gasteiger partial charge in [0, 0.05) is 12.1 Å². The summed E-state index contributed by atoms with van der Waals surface area (Å²) < 4.78 is 26.9. The van der Waals surface area contributed by atoms with Crippen LogP contribution in [0.15, 0.2) is 42.5 Å². The second-order valence-corrected chi connectivity index (χ2v) is 5.65. The number of amides is 1. The fourth-order valence-electron chi connectivity index (χ4n) is 2.47. The number of fused-ring (bicyclic) bond motifs is 1. The lowest BCUT2D eigenvalue weighted by molar-refractivity contribution is 0.0949. The molecule has 1 aromatic heterocycles. The minimum atomic E-state index is -0.996. The molecule has 0 saturated heterocycles. The van der Waals surface area contributed by atoms with Gasteiger partial charge in [0.15, 0.2) is 17.3 Å². The Balaban J connectivity index is 2.11. The number of nitrogens with one attached hydrogen (secondary N) is 1. The van der Waals surface area contributed by atoms with Crippen LogP contribution < -0.4 is 5.32 Å². The number of para-hydroxylation sites is 2. The topological polar surface area (TPSA) is 54.9 Å². The highest BCUT2D eigenvalue weighted by molar-refractivity contribution is 6.00. The number of rotatable bonds is 5. The highest BCUT2D eigenvalue weighted by Gasteiger charge is 2.18. The van der Waals surface area contributed by atoms with Gasteiger partial charge < -0.3 is 5.32 Å². The molecule has 0 atom stereocenters. The third kappa shape index (κ3) is 3.63. The summed E-state index contributed by atoms with van der Waals surface area (Å²) in [6.07, 6.45) is 1.78. The first-order valence-corrected chi connectivity index (χ1v) is 8.10. The number of aromatic nitrogens is 2. The maximum atomic E-state index is 13.6. The Morgan fingerprint density at radius 1 is 1.04 bits per heavy atom. The molecule has 0 radical (unpaired) electrons. The molecule has 0 bridgehead atoms. The number of carbonyl (C=O) groups excluding carboxylic acids is 1. The Labute approximate surface area is 143 Å². The zero-order valence-corrected chi connectivity index (χ0v) is 13.7. The van der Waals surface area contributed by atoms with Crippen molar-refractivity contribution in [3.05, 3.63) is 59.8 Å². The first-order valence-electron chi connectivity index (χ1n) is 8.10. The van der Waals surface area contributed by atoms with Crippen molar-refractivity contribution in [2.45, 2.75) is 19.8 Å². The fraction of sp³-hybridized carbons (Fsp3) is 0.211. The molecule has 1 N–H and O–H groups in total. The molecule has 6 heteroatoms. The second kappa shape index (κ2) is 7.34. The monoisotopic (exact) mass is 341 g/mol. The highest BCUT2D eigenvalue weighted by Crippen LogP contribution is 2.25. The van der Waals surface area contributed by atoms with Crippen LogP contribution in [0.4, 0.5) is 8.78 Å². The van der Waals surface area contributed by atoms with Crippen molar-refractivity contribution in [1.82, 2.24) is 15.3 Å². The van der Waals surface area contributed by atoms with E-state index in [9.17, 15) is 13.6 Å². The van der Waals surface area contributed by atoms with E-state index in [0.29, 0.717) is 23.1 Å². The SMILES string of the molecule is CCCCNC(=O)c1nc2ccccc2nc1-c1ccc(F)c(F)c1. The first-order chi connectivity index (χ1) is 12.1. The Kier molecular flexibility index (Phi) is 4.97. The van der Waals surface area contributed by atoms with E-state index in [-0.39, 0.29) is 17.3 Å². The van der Waals surface area contributed by atoms with E-state index in [2.05, 4.69) is 15.3 Å². The average molecular weight is 341 g/mol. The normalized spacial score (nSPS) is 10.8. The van der Waals surface area contributed by atoms with Gasteiger partial charge in [-0.25, -0.2) is 18.7 Å². The molecule has 0 saturated carbocycles. The number of nitrogens with zero attached hydrogens (tertiary/aromatic N) is 2. The summed E-state index contributed by atoms with van der Waals surface area (Å²) in [4.78, 5) is 21.4. The standard InChI is InChI=1S/C19H17F2N3O/c1-2-3-10-22-19(25)18-17(12-8-9-13(20)14(21)11-12)23-15-6-4-5-7-16(15)24-18/h4-9,11H,2-3,10H2,1H3,(H,22,25). The molecule has 1 heterocycles. The highest BCUT2D eigenvalue weighted by atomic mass is 19.2. The summed E-state index contributed by atoms with van der Waals surface area (Å²) in [7, 11) is 0. The van der Waals surface area contributed by atoms with Crippen molar-refractivity contribution in [2.75, 3.05) is 6.54 Å². The molecule has 25 heavy (non-hydrogen) atoms. The molecule has 0 unspecified atom stereocenters. The van der Waals surface area contributed by atoms with E-state index in [4.69, 9.17) is 0 Å². The average Bonchev–Trinajstić information content (AvgIpc) is 2.63. The number of halogens is 2. The number of unbranched alkanes of at least 4 members (excludes halogenated alkanes) is 1. The maximum Gasteiger partial charge on any atom is 0.272 e. The molecule has 0 aliphatic carbocycles. The molecule has 0 aliphatic rings. The van der Waals surface area contributed by atoms with Crippen LogP contribution in [0, 0.1) is 11.6 Å². The zero-order valence-electron chi connectivity index (χ0n) is 13.7. The van der Waals surface area contributed by atoms with Gasteiger partial charge in [0.05, 0.1) is 11.0 Å². The number of hydrogen-bond donors (Lipinski definition) is 1. The maximum absolute atomic E-state index is 13.6. The van der Waals surface area contributed by atoms with Crippen LogP contribution in [0.3, 0.4) is 0 Å². The lowest BCUT2D eigenvalue weighted by Crippen LogP contribution is -2.26. The summed E-state index contributed by atoms with van der Waals surface area (Å²) >= 11 is 0. The minimum absolute atomic E-state index is 0.0980. The largest absolute Gasteiger partial charge is 0.351 e. The van der Waals surface area contributed by atoms with E-state index in [0.717, 1.165) is 25.0 Å². The van der Waals surface area contributed by atoms with Crippen LogP contribution >= 0.6 is 0 Å². The third-order valence-electron chi connectivity index (χ3n) is 3.79. The van der Waals surface area contributed by atoms with Gasteiger partial charge >= 0.3 is 0 Å². The van der Waals surface area contributed by atoms with Gasteiger partial charge in [0.1, 0.15) is 5.69 Å². The lowest BCUT2D eigenvalue weighted by atomic mass is 10.1. The Morgan fingerprint density at radius 3 is 2.44 bits per heavy atom. The van der Waals surface area contributed by atoms with Gasteiger partial charge in [-0.1, -0.05) is 25.5 Å². The number of benzene rings is 2. The first kappa shape index (κ1) is 17.0. The third-order valence-corrected chi connectivity index (χ3v) is 3.79. The van der Waals surface area contributed by atoms with E-state index in [1.807, 2.05) is 6.92 Å². The lowest BCUT2D eigenvalue weighted by Gasteiger charge is -2.11. The summed E-state index contributed by atoms with van der Waals surface area (Å²) in [6, 6.07) is 10.5. The predicted octanol–water partition coefficient (Wildman–Crippen LogP) is 4.10. The molecule has 128 valence electrons. The van der Waals surface area contributed by atoms with E-state index in [1.165, 1.54) is 6.07 Å². The molecule has 0 spiro atoms. The molecule has 1 amide bonds. The summed E-state index contributed by atoms with van der Waals surface area (Å²) in [5, 5.41) is 2.79. The Hall–Kier alpha value is -2.89. The molecule has 3 rings (SSSR count). The van der Waals surface area contributed by atoms with Gasteiger partial charge in [-0.15, -0.1) is 0 Å². The summed E-state index contributed by atoms with van der Waals surface area (Å²) in [6.45, 7) is 2.54.